The van der Waals surface area contributed by atoms with Gasteiger partial charge in [0, 0.05) is 23.8 Å². The maximum absolute atomic E-state index is 12.3. The molecule has 1 amide bonds. The zero-order valence-electron chi connectivity index (χ0n) is 11.7. The molecule has 1 aliphatic heterocycles. The third-order valence-electron chi connectivity index (χ3n) is 3.41. The number of rotatable bonds is 4. The summed E-state index contributed by atoms with van der Waals surface area (Å²) in [6, 6.07) is 6.28. The van der Waals surface area contributed by atoms with E-state index in [2.05, 4.69) is 17.6 Å². The highest BCUT2D eigenvalue weighted by Crippen LogP contribution is 2.19. The highest BCUT2D eigenvalue weighted by atomic mass is 32.2. The topological polar surface area (TPSA) is 41.1 Å². The summed E-state index contributed by atoms with van der Waals surface area (Å²) in [7, 11) is 0. The van der Waals surface area contributed by atoms with Crippen LogP contribution in [0.15, 0.2) is 18.2 Å². The first-order valence-electron chi connectivity index (χ1n) is 6.94. The van der Waals surface area contributed by atoms with Crippen molar-refractivity contribution in [1.29, 1.82) is 0 Å². The quantitative estimate of drug-likeness (QED) is 0.889. The minimum atomic E-state index is 0.0671. The van der Waals surface area contributed by atoms with Crippen LogP contribution in [0.1, 0.15) is 35.7 Å². The van der Waals surface area contributed by atoms with Gasteiger partial charge >= 0.3 is 0 Å². The maximum atomic E-state index is 12.3. The largest absolute Gasteiger partial charge is 0.385 e. The monoisotopic (exact) mass is 278 g/mol. The first kappa shape index (κ1) is 14.3. The number of carbonyl (C=O) groups excluding carboxylic acids is 1. The van der Waals surface area contributed by atoms with Gasteiger partial charge in [-0.15, -0.1) is 0 Å². The molecule has 0 aliphatic carbocycles. The summed E-state index contributed by atoms with van der Waals surface area (Å²) in [4.78, 5) is 12.3. The number of hydrogen-bond acceptors (Lipinski definition) is 3. The van der Waals surface area contributed by atoms with Gasteiger partial charge < -0.3 is 10.6 Å². The van der Waals surface area contributed by atoms with E-state index < -0.39 is 0 Å². The average molecular weight is 278 g/mol. The Balaban J connectivity index is 2.01. The third-order valence-corrected chi connectivity index (χ3v) is 4.46. The number of aryl methyl sites for hydroxylation is 1. The molecule has 0 atom stereocenters. The van der Waals surface area contributed by atoms with E-state index >= 15 is 0 Å². The summed E-state index contributed by atoms with van der Waals surface area (Å²) in [5.74, 6) is 2.38. The number of carbonyl (C=O) groups is 1. The van der Waals surface area contributed by atoms with E-state index in [4.69, 9.17) is 0 Å². The fraction of sp³-hybridized carbons (Fsp3) is 0.533. The van der Waals surface area contributed by atoms with Gasteiger partial charge in [0.25, 0.3) is 5.91 Å². The number of anilines is 1. The lowest BCUT2D eigenvalue weighted by atomic mass is 10.1. The second kappa shape index (κ2) is 6.85. The zero-order valence-corrected chi connectivity index (χ0v) is 12.5. The molecule has 1 heterocycles. The summed E-state index contributed by atoms with van der Waals surface area (Å²) in [6.45, 7) is 4.95. The van der Waals surface area contributed by atoms with Crippen LogP contribution in [0.25, 0.3) is 0 Å². The van der Waals surface area contributed by atoms with E-state index in [0.29, 0.717) is 6.04 Å². The number of benzene rings is 1. The van der Waals surface area contributed by atoms with Crippen LogP contribution in [-0.2, 0) is 0 Å². The minimum Gasteiger partial charge on any atom is -0.385 e. The molecule has 19 heavy (non-hydrogen) atoms. The minimum absolute atomic E-state index is 0.0671. The van der Waals surface area contributed by atoms with Crippen LogP contribution in [0.3, 0.4) is 0 Å². The Bertz CT molecular complexity index is 442. The number of amides is 1. The first-order valence-corrected chi connectivity index (χ1v) is 8.09. The van der Waals surface area contributed by atoms with Crippen LogP contribution in [0.2, 0.25) is 0 Å². The van der Waals surface area contributed by atoms with E-state index in [-0.39, 0.29) is 5.91 Å². The van der Waals surface area contributed by atoms with Crippen molar-refractivity contribution in [2.24, 2.45) is 0 Å². The van der Waals surface area contributed by atoms with Crippen LogP contribution in [0, 0.1) is 6.92 Å². The first-order chi connectivity index (χ1) is 9.20. The van der Waals surface area contributed by atoms with Crippen molar-refractivity contribution in [3.8, 4) is 0 Å². The van der Waals surface area contributed by atoms with Crippen molar-refractivity contribution in [2.45, 2.75) is 32.7 Å². The molecular weight excluding hydrogens is 256 g/mol. The Kier molecular flexibility index (Phi) is 5.14. The molecule has 4 heteroatoms. The summed E-state index contributed by atoms with van der Waals surface area (Å²) in [6.07, 6.45) is 2.18. The predicted octanol–water partition coefficient (Wildman–Crippen LogP) is 3.05. The summed E-state index contributed by atoms with van der Waals surface area (Å²) in [5.41, 5.74) is 2.90. The van der Waals surface area contributed by atoms with Gasteiger partial charge in [-0.05, 0) is 62.0 Å². The second-order valence-electron chi connectivity index (χ2n) is 4.92. The number of nitrogens with one attached hydrogen (secondary N) is 2. The maximum Gasteiger partial charge on any atom is 0.251 e. The molecule has 0 bridgehead atoms. The second-order valence-corrected chi connectivity index (χ2v) is 6.14. The van der Waals surface area contributed by atoms with E-state index in [1.165, 1.54) is 0 Å². The normalized spacial score (nSPS) is 16.1. The van der Waals surface area contributed by atoms with Crippen LogP contribution >= 0.6 is 11.8 Å². The molecule has 2 rings (SSSR count). The van der Waals surface area contributed by atoms with Gasteiger partial charge in [-0.1, -0.05) is 0 Å². The Morgan fingerprint density at radius 1 is 1.37 bits per heavy atom. The molecule has 1 aliphatic rings. The molecule has 1 aromatic rings. The van der Waals surface area contributed by atoms with Gasteiger partial charge in [0.1, 0.15) is 0 Å². The van der Waals surface area contributed by atoms with Crippen molar-refractivity contribution in [1.82, 2.24) is 5.32 Å². The van der Waals surface area contributed by atoms with Gasteiger partial charge in [-0.3, -0.25) is 4.79 Å². The molecule has 0 spiro atoms. The van der Waals surface area contributed by atoms with Gasteiger partial charge in [0.15, 0.2) is 0 Å². The Hall–Kier alpha value is -1.16. The summed E-state index contributed by atoms with van der Waals surface area (Å²) >= 11 is 1.97. The van der Waals surface area contributed by atoms with Crippen molar-refractivity contribution in [2.75, 3.05) is 23.4 Å². The molecule has 0 unspecified atom stereocenters. The lowest BCUT2D eigenvalue weighted by Gasteiger charge is -2.23. The van der Waals surface area contributed by atoms with Gasteiger partial charge in [-0.2, -0.15) is 11.8 Å². The lowest BCUT2D eigenvalue weighted by molar-refractivity contribution is 0.0934. The smallest absolute Gasteiger partial charge is 0.251 e. The Morgan fingerprint density at radius 3 is 2.74 bits per heavy atom. The van der Waals surface area contributed by atoms with Gasteiger partial charge in [0.05, 0.1) is 0 Å². The molecule has 0 radical (unpaired) electrons. The lowest BCUT2D eigenvalue weighted by Crippen LogP contribution is -2.37. The van der Waals surface area contributed by atoms with E-state index in [0.717, 1.165) is 47.7 Å². The molecular formula is C15H22N2OS. The van der Waals surface area contributed by atoms with Crippen LogP contribution < -0.4 is 10.6 Å². The molecule has 2 N–H and O–H groups in total. The standard InChI is InChI=1S/C15H22N2OS/c1-3-16-13-4-5-14(11(2)10-13)15(18)17-12-6-8-19-9-7-12/h4-5,10,12,16H,3,6-9H2,1-2H3,(H,17,18). The number of thioether (sulfide) groups is 1. The van der Waals surface area contributed by atoms with Crippen molar-refractivity contribution >= 4 is 23.4 Å². The highest BCUT2D eigenvalue weighted by Gasteiger charge is 2.17. The van der Waals surface area contributed by atoms with Crippen LogP contribution in [0.4, 0.5) is 5.69 Å². The Labute approximate surface area is 119 Å². The van der Waals surface area contributed by atoms with Crippen molar-refractivity contribution in [3.05, 3.63) is 29.3 Å². The van der Waals surface area contributed by atoms with Crippen LogP contribution in [0.5, 0.6) is 0 Å². The van der Waals surface area contributed by atoms with Crippen molar-refractivity contribution < 1.29 is 4.79 Å². The van der Waals surface area contributed by atoms with E-state index in [1.807, 2.05) is 36.9 Å². The van der Waals surface area contributed by atoms with E-state index in [1.54, 1.807) is 0 Å². The van der Waals surface area contributed by atoms with E-state index in [9.17, 15) is 4.79 Å². The molecule has 0 aromatic heterocycles. The summed E-state index contributed by atoms with van der Waals surface area (Å²) < 4.78 is 0. The summed E-state index contributed by atoms with van der Waals surface area (Å²) in [5, 5.41) is 6.42. The fourth-order valence-corrected chi connectivity index (χ4v) is 3.44. The van der Waals surface area contributed by atoms with Crippen molar-refractivity contribution in [3.63, 3.8) is 0 Å². The zero-order chi connectivity index (χ0) is 13.7. The fourth-order valence-electron chi connectivity index (χ4n) is 2.34. The third kappa shape index (κ3) is 3.90. The molecule has 1 aromatic carbocycles. The van der Waals surface area contributed by atoms with Gasteiger partial charge in [0.2, 0.25) is 0 Å². The van der Waals surface area contributed by atoms with Crippen LogP contribution in [-0.4, -0.2) is 30.0 Å². The molecule has 1 saturated heterocycles. The molecule has 3 nitrogen and oxygen atoms in total. The average Bonchev–Trinajstić information content (AvgIpc) is 2.40. The van der Waals surface area contributed by atoms with Gasteiger partial charge in [-0.25, -0.2) is 0 Å². The highest BCUT2D eigenvalue weighted by molar-refractivity contribution is 7.99. The molecule has 1 fully saturated rings. The molecule has 104 valence electrons. The predicted molar refractivity (Wildman–Crippen MR) is 83.2 cm³/mol. The Morgan fingerprint density at radius 2 is 2.11 bits per heavy atom. The SMILES string of the molecule is CCNc1ccc(C(=O)NC2CCSCC2)c(C)c1. The molecule has 0 saturated carbocycles. The number of hydrogen-bond donors (Lipinski definition) is 2.